The van der Waals surface area contributed by atoms with E-state index in [0.29, 0.717) is 0 Å². The molecule has 0 aromatic carbocycles. The van der Waals surface area contributed by atoms with E-state index < -0.39 is 0 Å². The topological polar surface area (TPSA) is 45.9 Å². The molecule has 0 aromatic heterocycles. The summed E-state index contributed by atoms with van der Waals surface area (Å²) < 4.78 is 8.92. The molecule has 0 atom stereocenters. The van der Waals surface area contributed by atoms with Crippen LogP contribution in [0.25, 0.3) is 0 Å². The van der Waals surface area contributed by atoms with Crippen molar-refractivity contribution in [3.63, 3.8) is 0 Å². The normalized spacial score (nSPS) is 5.00. The molecule has 2 heteroatoms. The van der Waals surface area contributed by atoms with Crippen LogP contribution in [0.4, 0.5) is 0 Å². The van der Waals surface area contributed by atoms with Crippen LogP contribution >= 0.6 is 0 Å². The fourth-order valence-corrected chi connectivity index (χ4v) is 0. The molecule has 0 fully saturated rings. The van der Waals surface area contributed by atoms with Crippen molar-refractivity contribution in [1.29, 1.82) is 0 Å². The van der Waals surface area contributed by atoms with Crippen molar-refractivity contribution in [3.05, 3.63) is 0 Å². The van der Waals surface area contributed by atoms with Crippen LogP contribution in [0.1, 0.15) is 0 Å². The van der Waals surface area contributed by atoms with Crippen LogP contribution in [0.5, 0.6) is 0 Å². The zero-order chi connectivity index (χ0) is 3.41. The van der Waals surface area contributed by atoms with Gasteiger partial charge in [0.1, 0.15) is 0 Å². The summed E-state index contributed by atoms with van der Waals surface area (Å²) in [7, 11) is 0. The minimum atomic E-state index is 0.0139. The molecule has 0 saturated heterocycles. The van der Waals surface area contributed by atoms with Gasteiger partial charge in [0.2, 0.25) is 0 Å². The van der Waals surface area contributed by atoms with Gasteiger partial charge in [-0.2, -0.15) is 0 Å². The molecule has 0 saturated carbocycles. The van der Waals surface area contributed by atoms with Crippen molar-refractivity contribution in [1.82, 2.24) is 0 Å². The molecule has 0 rings (SSSR count). The second-order valence-electron chi connectivity index (χ2n) is 0.348. The first-order chi connectivity index (χ1) is 1.91. The number of hydrogen-bond donors (Lipinski definition) is 1. The summed E-state index contributed by atoms with van der Waals surface area (Å²) in [6.07, 6.45) is 1.46. The van der Waals surface area contributed by atoms with Gasteiger partial charge in [-0.25, -0.2) is 0 Å². The van der Waals surface area contributed by atoms with E-state index in [1.165, 1.54) is 6.15 Å². The summed E-state index contributed by atoms with van der Waals surface area (Å²) in [6.45, 7) is 0.0139. The molecule has 0 aromatic rings. The third kappa shape index (κ3) is 1.70. The third-order valence-electron chi connectivity index (χ3n) is 0.0833. The van der Waals surface area contributed by atoms with Gasteiger partial charge in [0.05, 0.1) is 0 Å². The van der Waals surface area contributed by atoms with Gasteiger partial charge in [-0.1, -0.05) is 0 Å². The molecule has 0 radical (unpaired) electrons. The molecular formula is C2H4NO+. The van der Waals surface area contributed by atoms with Gasteiger partial charge in [-0.05, 0) is 0 Å². The summed E-state index contributed by atoms with van der Waals surface area (Å²) in [5.74, 6) is 0. The first-order valence-corrected chi connectivity index (χ1v) is 0.966. The van der Waals surface area contributed by atoms with Crippen LogP contribution < -0.4 is 5.73 Å². The fourth-order valence-electron chi connectivity index (χ4n) is 0. The van der Waals surface area contributed by atoms with E-state index in [1.54, 1.807) is 0 Å². The Morgan fingerprint density at radius 2 is 2.25 bits per heavy atom. The van der Waals surface area contributed by atoms with E-state index in [-0.39, 0.29) is 6.54 Å². The molecule has 0 bridgehead atoms. The number of nitrogens with two attached hydrogens (primary N) is 1. The molecule has 0 aliphatic heterocycles. The summed E-state index contributed by atoms with van der Waals surface area (Å²) in [6, 6.07) is 0. The Hall–Kier alpha value is -0.300. The van der Waals surface area contributed by atoms with Crippen molar-refractivity contribution >= 4 is 0 Å². The molecule has 2 nitrogen and oxygen atoms in total. The van der Waals surface area contributed by atoms with Crippen molar-refractivity contribution in [2.45, 2.75) is 0 Å². The van der Waals surface area contributed by atoms with Crippen LogP contribution in [0, 0.1) is 6.15 Å². The van der Waals surface area contributed by atoms with Crippen LogP contribution in [-0.2, 0) is 4.65 Å². The zero-order valence-electron chi connectivity index (χ0n) is 2.19. The predicted octanol–water partition coefficient (Wildman–Crippen LogP) is -0.665. The Labute approximate surface area is 24.3 Å². The summed E-state index contributed by atoms with van der Waals surface area (Å²) in [5, 5.41) is 0. The fraction of sp³-hybridized carbons (Fsp3) is 0.500. The summed E-state index contributed by atoms with van der Waals surface area (Å²) >= 11 is 0. The monoisotopic (exact) mass is 58.0 g/mol. The van der Waals surface area contributed by atoms with Crippen molar-refractivity contribution in [2.75, 3.05) is 6.54 Å². The Balaban J connectivity index is 2.43. The minimum absolute atomic E-state index is 0.0139. The Morgan fingerprint density at radius 1 is 2.00 bits per heavy atom. The third-order valence-corrected chi connectivity index (χ3v) is 0.0833. The Bertz CT molecular complexity index is 35.8. The SMILES string of the molecule is NCC#[O+]. The number of hydrogen-bond acceptors (Lipinski definition) is 1. The Morgan fingerprint density at radius 3 is 2.25 bits per heavy atom. The molecule has 0 aliphatic rings. The molecule has 0 heterocycles. The molecule has 22 valence electrons. The number of rotatable bonds is 0. The second kappa shape index (κ2) is 2.70. The first-order valence-electron chi connectivity index (χ1n) is 0.966. The van der Waals surface area contributed by atoms with E-state index in [4.69, 9.17) is 4.65 Å². The van der Waals surface area contributed by atoms with E-state index in [0.717, 1.165) is 0 Å². The zero-order valence-corrected chi connectivity index (χ0v) is 2.19. The molecule has 0 amide bonds. The van der Waals surface area contributed by atoms with Gasteiger partial charge < -0.3 is 0 Å². The molecule has 2 N–H and O–H groups in total. The predicted molar refractivity (Wildman–Crippen MR) is 13.6 cm³/mol. The van der Waals surface area contributed by atoms with Crippen molar-refractivity contribution in [2.24, 2.45) is 5.73 Å². The standard InChI is InChI=1S/C2H4NO/c3-1-2-4/h1,3H2/q+1. The van der Waals surface area contributed by atoms with Crippen LogP contribution in [0.3, 0.4) is 0 Å². The average Bonchev–Trinajstić information content (AvgIpc) is 1.37. The van der Waals surface area contributed by atoms with E-state index in [2.05, 4.69) is 5.73 Å². The van der Waals surface area contributed by atoms with Gasteiger partial charge in [0, 0.05) is 0 Å². The van der Waals surface area contributed by atoms with Gasteiger partial charge in [-0.15, -0.1) is 0 Å². The molecule has 0 aliphatic carbocycles. The van der Waals surface area contributed by atoms with Crippen LogP contribution in [0.2, 0.25) is 0 Å². The molecular weight excluding hydrogens is 54.0 g/mol. The maximum atomic E-state index is 8.92. The van der Waals surface area contributed by atoms with Crippen molar-refractivity contribution < 1.29 is 4.65 Å². The van der Waals surface area contributed by atoms with Gasteiger partial charge in [0.25, 0.3) is 0 Å². The van der Waals surface area contributed by atoms with Gasteiger partial charge in [0.15, 0.2) is 0 Å². The molecule has 0 spiro atoms. The summed E-state index contributed by atoms with van der Waals surface area (Å²) in [4.78, 5) is 0. The maximum absolute atomic E-state index is 8.92. The van der Waals surface area contributed by atoms with Crippen LogP contribution in [0.15, 0.2) is 0 Å². The van der Waals surface area contributed by atoms with E-state index in [9.17, 15) is 0 Å². The van der Waals surface area contributed by atoms with Gasteiger partial charge in [-0.3, -0.25) is 0 Å². The van der Waals surface area contributed by atoms with Gasteiger partial charge >= 0.3 is 23.1 Å². The second-order valence-corrected chi connectivity index (χ2v) is 0.348. The Kier molecular flexibility index (Phi) is 2.50. The van der Waals surface area contributed by atoms with Crippen LogP contribution in [-0.4, -0.2) is 6.54 Å². The molecule has 4 heavy (non-hydrogen) atoms. The quantitative estimate of drug-likeness (QED) is 0.369. The average molecular weight is 58.1 g/mol. The van der Waals surface area contributed by atoms with E-state index in [1.807, 2.05) is 0 Å². The first kappa shape index (κ1) is 3.70. The van der Waals surface area contributed by atoms with Crippen molar-refractivity contribution in [3.8, 4) is 6.15 Å². The molecule has 0 unspecified atom stereocenters. The van der Waals surface area contributed by atoms with E-state index >= 15 is 0 Å². The summed E-state index contributed by atoms with van der Waals surface area (Å²) in [5.41, 5.74) is 4.60.